The molecule has 0 aromatic heterocycles. The van der Waals surface area contributed by atoms with Gasteiger partial charge in [0, 0.05) is 6.54 Å². The van der Waals surface area contributed by atoms with E-state index in [0.717, 1.165) is 30.1 Å². The number of urea groups is 1. The first-order valence-electron chi connectivity index (χ1n) is 6.47. The van der Waals surface area contributed by atoms with Gasteiger partial charge in [0.25, 0.3) is 0 Å². The van der Waals surface area contributed by atoms with Gasteiger partial charge in [0.15, 0.2) is 0 Å². The van der Waals surface area contributed by atoms with E-state index in [1.54, 1.807) is 11.8 Å². The fraction of sp³-hybridized carbons (Fsp3) is 0.833. The van der Waals surface area contributed by atoms with Gasteiger partial charge in [-0.1, -0.05) is 0 Å². The number of hydrogen-bond donors (Lipinski definition) is 3. The average molecular weight is 306 g/mol. The molecule has 0 bridgehead atoms. The summed E-state index contributed by atoms with van der Waals surface area (Å²) < 4.78 is 0. The van der Waals surface area contributed by atoms with Crippen LogP contribution in [0, 0.1) is 5.92 Å². The van der Waals surface area contributed by atoms with E-state index < -0.39 is 12.0 Å². The number of aliphatic carboxylic acids is 1. The van der Waals surface area contributed by atoms with Crippen LogP contribution in [0.15, 0.2) is 0 Å². The van der Waals surface area contributed by atoms with Crippen molar-refractivity contribution in [3.05, 3.63) is 0 Å². The quantitative estimate of drug-likeness (QED) is 0.666. The molecule has 19 heavy (non-hydrogen) atoms. The van der Waals surface area contributed by atoms with Gasteiger partial charge in [-0.15, -0.1) is 0 Å². The zero-order valence-electron chi connectivity index (χ0n) is 11.2. The summed E-state index contributed by atoms with van der Waals surface area (Å²) >= 11 is 3.52. The molecule has 1 atom stereocenters. The fourth-order valence-electron chi connectivity index (χ4n) is 1.89. The smallest absolute Gasteiger partial charge is 0.326 e. The molecule has 0 radical (unpaired) electrons. The highest BCUT2D eigenvalue weighted by molar-refractivity contribution is 7.99. The second-order valence-electron chi connectivity index (χ2n) is 4.58. The SMILES string of the molecule is CSCCC(NC(=O)NCC1CCSCC1)C(=O)O. The summed E-state index contributed by atoms with van der Waals surface area (Å²) in [6, 6.07) is -1.17. The molecule has 1 aliphatic rings. The zero-order valence-corrected chi connectivity index (χ0v) is 12.8. The third kappa shape index (κ3) is 6.96. The maximum absolute atomic E-state index is 11.7. The number of carboxylic acid groups (broad SMARTS) is 1. The second kappa shape index (κ2) is 9.36. The zero-order chi connectivity index (χ0) is 14.1. The first-order valence-corrected chi connectivity index (χ1v) is 9.02. The molecule has 1 fully saturated rings. The average Bonchev–Trinajstić information content (AvgIpc) is 2.42. The van der Waals surface area contributed by atoms with Crippen LogP contribution in [-0.4, -0.2) is 53.2 Å². The molecule has 110 valence electrons. The molecular formula is C12H22N2O3S2. The topological polar surface area (TPSA) is 78.4 Å². The number of carbonyl (C=O) groups excluding carboxylic acids is 1. The second-order valence-corrected chi connectivity index (χ2v) is 6.79. The van der Waals surface area contributed by atoms with Gasteiger partial charge in [-0.2, -0.15) is 23.5 Å². The standard InChI is InChI=1S/C12H22N2O3S2/c1-18-5-4-10(11(15)16)14-12(17)13-8-9-2-6-19-7-3-9/h9-10H,2-8H2,1H3,(H,15,16)(H2,13,14,17). The van der Waals surface area contributed by atoms with Gasteiger partial charge in [-0.3, -0.25) is 0 Å². The summed E-state index contributed by atoms with van der Waals surface area (Å²) in [5.41, 5.74) is 0. The number of carbonyl (C=O) groups is 2. The Balaban J connectivity index is 2.25. The molecular weight excluding hydrogens is 284 g/mol. The monoisotopic (exact) mass is 306 g/mol. The van der Waals surface area contributed by atoms with E-state index in [4.69, 9.17) is 5.11 Å². The lowest BCUT2D eigenvalue weighted by Crippen LogP contribution is -2.47. The van der Waals surface area contributed by atoms with Gasteiger partial charge in [-0.25, -0.2) is 9.59 Å². The number of thioether (sulfide) groups is 2. The Hall–Kier alpha value is -0.560. The van der Waals surface area contributed by atoms with E-state index in [9.17, 15) is 9.59 Å². The van der Waals surface area contributed by atoms with E-state index in [1.807, 2.05) is 18.0 Å². The Morgan fingerprint density at radius 1 is 1.42 bits per heavy atom. The molecule has 1 saturated heterocycles. The minimum absolute atomic E-state index is 0.369. The van der Waals surface area contributed by atoms with Crippen molar-refractivity contribution in [2.75, 3.05) is 30.1 Å². The van der Waals surface area contributed by atoms with Crippen LogP contribution in [0.1, 0.15) is 19.3 Å². The summed E-state index contributed by atoms with van der Waals surface area (Å²) in [4.78, 5) is 22.7. The third-order valence-electron chi connectivity index (χ3n) is 3.11. The molecule has 0 spiro atoms. The highest BCUT2D eigenvalue weighted by Gasteiger charge is 2.20. The van der Waals surface area contributed by atoms with Crippen molar-refractivity contribution in [1.82, 2.24) is 10.6 Å². The van der Waals surface area contributed by atoms with Gasteiger partial charge in [0.2, 0.25) is 0 Å². The van der Waals surface area contributed by atoms with E-state index >= 15 is 0 Å². The molecule has 0 aliphatic carbocycles. The molecule has 1 unspecified atom stereocenters. The van der Waals surface area contributed by atoms with Gasteiger partial charge in [0.1, 0.15) is 6.04 Å². The summed E-state index contributed by atoms with van der Waals surface area (Å²) in [6.45, 7) is 0.640. The van der Waals surface area contributed by atoms with Crippen molar-refractivity contribution in [3.8, 4) is 0 Å². The first kappa shape index (κ1) is 16.5. The molecule has 7 heteroatoms. The molecule has 0 aromatic rings. The summed E-state index contributed by atoms with van der Waals surface area (Å²) in [7, 11) is 0. The van der Waals surface area contributed by atoms with Crippen LogP contribution in [0.5, 0.6) is 0 Å². The Kier molecular flexibility index (Phi) is 8.13. The van der Waals surface area contributed by atoms with E-state index in [0.29, 0.717) is 18.9 Å². The third-order valence-corrected chi connectivity index (χ3v) is 4.80. The van der Waals surface area contributed by atoms with Crippen LogP contribution in [-0.2, 0) is 4.79 Å². The van der Waals surface area contributed by atoms with Crippen LogP contribution < -0.4 is 10.6 Å². The highest BCUT2D eigenvalue weighted by atomic mass is 32.2. The summed E-state index contributed by atoms with van der Waals surface area (Å²) in [5.74, 6) is 2.58. The van der Waals surface area contributed by atoms with Gasteiger partial charge in [-0.05, 0) is 48.7 Å². The van der Waals surface area contributed by atoms with Crippen molar-refractivity contribution >= 4 is 35.5 Å². The maximum Gasteiger partial charge on any atom is 0.326 e. The van der Waals surface area contributed by atoms with E-state index in [1.165, 1.54) is 0 Å². The molecule has 5 nitrogen and oxygen atoms in total. The lowest BCUT2D eigenvalue weighted by Gasteiger charge is -2.22. The van der Waals surface area contributed by atoms with Gasteiger partial charge >= 0.3 is 12.0 Å². The largest absolute Gasteiger partial charge is 0.480 e. The lowest BCUT2D eigenvalue weighted by atomic mass is 10.0. The van der Waals surface area contributed by atoms with Crippen molar-refractivity contribution in [2.45, 2.75) is 25.3 Å². The van der Waals surface area contributed by atoms with Crippen molar-refractivity contribution in [2.24, 2.45) is 5.92 Å². The molecule has 0 aromatic carbocycles. The van der Waals surface area contributed by atoms with Crippen LogP contribution >= 0.6 is 23.5 Å². The van der Waals surface area contributed by atoms with Crippen LogP contribution in [0.3, 0.4) is 0 Å². The minimum atomic E-state index is -0.974. The molecule has 1 rings (SSSR count). The summed E-state index contributed by atoms with van der Waals surface area (Å²) in [6.07, 6.45) is 4.61. The Morgan fingerprint density at radius 3 is 2.68 bits per heavy atom. The Bertz CT molecular complexity index is 297. The van der Waals surface area contributed by atoms with Crippen LogP contribution in [0.25, 0.3) is 0 Å². The predicted octanol–water partition coefficient (Wildman–Crippen LogP) is 1.64. The minimum Gasteiger partial charge on any atom is -0.480 e. The molecule has 0 saturated carbocycles. The molecule has 2 amide bonds. The van der Waals surface area contributed by atoms with Crippen molar-refractivity contribution in [3.63, 3.8) is 0 Å². The van der Waals surface area contributed by atoms with Crippen molar-refractivity contribution in [1.29, 1.82) is 0 Å². The van der Waals surface area contributed by atoms with Crippen molar-refractivity contribution < 1.29 is 14.7 Å². The van der Waals surface area contributed by atoms with Crippen LogP contribution in [0.2, 0.25) is 0 Å². The number of rotatable bonds is 7. The Labute approximate surface area is 122 Å². The van der Waals surface area contributed by atoms with Gasteiger partial charge in [0.05, 0.1) is 0 Å². The number of carboxylic acids is 1. The maximum atomic E-state index is 11.7. The lowest BCUT2D eigenvalue weighted by molar-refractivity contribution is -0.139. The molecule has 1 aliphatic heterocycles. The molecule has 1 heterocycles. The first-order chi connectivity index (χ1) is 9.13. The fourth-order valence-corrected chi connectivity index (χ4v) is 3.57. The number of amides is 2. The van der Waals surface area contributed by atoms with Crippen LogP contribution in [0.4, 0.5) is 4.79 Å². The number of nitrogens with one attached hydrogen (secondary N) is 2. The van der Waals surface area contributed by atoms with E-state index in [2.05, 4.69) is 10.6 Å². The number of hydrogen-bond acceptors (Lipinski definition) is 4. The highest BCUT2D eigenvalue weighted by Crippen LogP contribution is 2.21. The molecule has 3 N–H and O–H groups in total. The summed E-state index contributed by atoms with van der Waals surface area (Å²) in [5, 5.41) is 14.3. The van der Waals surface area contributed by atoms with E-state index in [-0.39, 0.29) is 6.03 Å². The van der Waals surface area contributed by atoms with Gasteiger partial charge < -0.3 is 15.7 Å². The predicted molar refractivity (Wildman–Crippen MR) is 81.0 cm³/mol. The normalized spacial score (nSPS) is 17.7. The Morgan fingerprint density at radius 2 is 2.11 bits per heavy atom.